The third-order valence-electron chi connectivity index (χ3n) is 4.05. The number of aromatic nitrogens is 2. The van der Waals surface area contributed by atoms with Crippen molar-refractivity contribution < 1.29 is 0 Å². The molecule has 0 amide bonds. The van der Waals surface area contributed by atoms with E-state index in [0.717, 1.165) is 27.9 Å². The summed E-state index contributed by atoms with van der Waals surface area (Å²) in [5, 5.41) is 7.74. The van der Waals surface area contributed by atoms with Crippen LogP contribution in [0.5, 0.6) is 0 Å². The Balaban J connectivity index is 0.00000261. The second kappa shape index (κ2) is 10.4. The monoisotopic (exact) mass is 493 g/mol. The molecule has 27 heavy (non-hydrogen) atoms. The molecule has 2 N–H and O–H groups in total. The van der Waals surface area contributed by atoms with Gasteiger partial charge < -0.3 is 10.6 Å². The maximum atomic E-state index is 4.55. The van der Waals surface area contributed by atoms with Gasteiger partial charge in [-0.2, -0.15) is 0 Å². The van der Waals surface area contributed by atoms with Crippen molar-refractivity contribution in [3.05, 3.63) is 69.8 Å². The lowest BCUT2D eigenvalue weighted by atomic mass is 10.1. The predicted octanol–water partition coefficient (Wildman–Crippen LogP) is 4.31. The van der Waals surface area contributed by atoms with Gasteiger partial charge in [0.25, 0.3) is 0 Å². The van der Waals surface area contributed by atoms with E-state index in [1.807, 2.05) is 31.3 Å². The minimum Gasteiger partial charge on any atom is -0.352 e. The van der Waals surface area contributed by atoms with Crippen LogP contribution in [0.3, 0.4) is 0 Å². The number of rotatable bonds is 5. The average Bonchev–Trinajstić information content (AvgIpc) is 3.00. The van der Waals surface area contributed by atoms with Crippen LogP contribution in [-0.4, -0.2) is 23.0 Å². The van der Waals surface area contributed by atoms with Gasteiger partial charge in [-0.15, -0.1) is 35.3 Å². The lowest BCUT2D eigenvalue weighted by Gasteiger charge is -2.11. The summed E-state index contributed by atoms with van der Waals surface area (Å²) in [4.78, 5) is 14.5. The number of guanidine groups is 1. The highest BCUT2D eigenvalue weighted by Crippen LogP contribution is 2.18. The predicted molar refractivity (Wildman–Crippen MR) is 124 cm³/mol. The highest BCUT2D eigenvalue weighted by molar-refractivity contribution is 14.0. The van der Waals surface area contributed by atoms with E-state index in [1.54, 1.807) is 18.4 Å². The van der Waals surface area contributed by atoms with Crippen molar-refractivity contribution in [1.82, 2.24) is 20.6 Å². The Bertz CT molecular complexity index is 873. The van der Waals surface area contributed by atoms with Crippen molar-refractivity contribution in [2.24, 2.45) is 4.99 Å². The SMILES string of the molecule is CN=C(NCc1cccc(-c2ccccn2)c1)NCc1nc(C)c(C)s1.I. The number of hydrogen-bond donors (Lipinski definition) is 2. The molecule has 0 bridgehead atoms. The molecule has 0 fully saturated rings. The first kappa shape index (κ1) is 21.3. The van der Waals surface area contributed by atoms with E-state index >= 15 is 0 Å². The quantitative estimate of drug-likeness (QED) is 0.316. The van der Waals surface area contributed by atoms with Gasteiger partial charge >= 0.3 is 0 Å². The van der Waals surface area contributed by atoms with Crippen LogP contribution in [0.15, 0.2) is 53.7 Å². The number of pyridine rings is 1. The number of aliphatic imine (C=N–C) groups is 1. The molecule has 3 aromatic rings. The Morgan fingerprint density at radius 3 is 2.56 bits per heavy atom. The van der Waals surface area contributed by atoms with E-state index in [1.165, 1.54) is 10.4 Å². The van der Waals surface area contributed by atoms with Gasteiger partial charge in [-0.05, 0) is 37.6 Å². The van der Waals surface area contributed by atoms with Gasteiger partial charge in [0.15, 0.2) is 5.96 Å². The summed E-state index contributed by atoms with van der Waals surface area (Å²) in [7, 11) is 1.78. The topological polar surface area (TPSA) is 62.2 Å². The molecule has 0 aliphatic rings. The standard InChI is InChI=1S/C20H23N5S.HI/c1-14-15(2)26-19(25-14)13-24-20(21-3)23-12-16-7-6-8-17(11-16)18-9-4-5-10-22-18;/h4-11H,12-13H2,1-3H3,(H2,21,23,24);1H. The van der Waals surface area contributed by atoms with E-state index in [2.05, 4.69) is 56.8 Å². The molecular formula is C20H24IN5S. The minimum absolute atomic E-state index is 0. The summed E-state index contributed by atoms with van der Waals surface area (Å²) in [6.07, 6.45) is 1.81. The molecule has 0 aliphatic heterocycles. The normalized spacial score (nSPS) is 11.0. The Morgan fingerprint density at radius 1 is 1.07 bits per heavy atom. The third-order valence-corrected chi connectivity index (χ3v) is 5.12. The molecule has 5 nitrogen and oxygen atoms in total. The number of benzene rings is 1. The van der Waals surface area contributed by atoms with Gasteiger partial charge in [-0.25, -0.2) is 4.98 Å². The Hall–Kier alpha value is -2.00. The molecule has 0 spiro atoms. The zero-order chi connectivity index (χ0) is 18.4. The summed E-state index contributed by atoms with van der Waals surface area (Å²) in [6.45, 7) is 5.50. The smallest absolute Gasteiger partial charge is 0.191 e. The van der Waals surface area contributed by atoms with E-state index in [0.29, 0.717) is 13.1 Å². The third kappa shape index (κ3) is 6.00. The number of nitrogens with zero attached hydrogens (tertiary/aromatic N) is 3. The van der Waals surface area contributed by atoms with Gasteiger partial charge in [0.1, 0.15) is 5.01 Å². The second-order valence-corrected chi connectivity index (χ2v) is 7.23. The number of nitrogens with one attached hydrogen (secondary N) is 2. The zero-order valence-corrected chi connectivity index (χ0v) is 18.8. The molecule has 0 saturated carbocycles. The van der Waals surface area contributed by atoms with Gasteiger partial charge in [-0.1, -0.05) is 24.3 Å². The van der Waals surface area contributed by atoms with Crippen LogP contribution in [0.4, 0.5) is 0 Å². The van der Waals surface area contributed by atoms with Crippen molar-refractivity contribution in [3.63, 3.8) is 0 Å². The second-order valence-electron chi connectivity index (χ2n) is 5.94. The highest BCUT2D eigenvalue weighted by Gasteiger charge is 2.05. The van der Waals surface area contributed by atoms with Crippen LogP contribution in [0, 0.1) is 13.8 Å². The van der Waals surface area contributed by atoms with E-state index in [4.69, 9.17) is 0 Å². The van der Waals surface area contributed by atoms with Crippen LogP contribution in [0.25, 0.3) is 11.3 Å². The first-order valence-corrected chi connectivity index (χ1v) is 9.35. The van der Waals surface area contributed by atoms with E-state index in [-0.39, 0.29) is 24.0 Å². The van der Waals surface area contributed by atoms with Gasteiger partial charge in [0, 0.05) is 30.2 Å². The van der Waals surface area contributed by atoms with Gasteiger partial charge in [-0.3, -0.25) is 9.98 Å². The van der Waals surface area contributed by atoms with Gasteiger partial charge in [0.05, 0.1) is 17.9 Å². The summed E-state index contributed by atoms with van der Waals surface area (Å²) >= 11 is 1.72. The lowest BCUT2D eigenvalue weighted by Crippen LogP contribution is -2.36. The fraction of sp³-hybridized carbons (Fsp3) is 0.250. The highest BCUT2D eigenvalue weighted by atomic mass is 127. The summed E-state index contributed by atoms with van der Waals surface area (Å²) in [5.41, 5.74) is 4.37. The van der Waals surface area contributed by atoms with Crippen LogP contribution >= 0.6 is 35.3 Å². The Kier molecular flexibility index (Phi) is 8.18. The first-order chi connectivity index (χ1) is 12.7. The average molecular weight is 493 g/mol. The molecule has 3 rings (SSSR count). The summed E-state index contributed by atoms with van der Waals surface area (Å²) < 4.78 is 0. The number of hydrogen-bond acceptors (Lipinski definition) is 4. The van der Waals surface area contributed by atoms with Crippen LogP contribution in [0.2, 0.25) is 0 Å². The molecule has 0 aliphatic carbocycles. The maximum Gasteiger partial charge on any atom is 0.191 e. The van der Waals surface area contributed by atoms with Crippen molar-refractivity contribution in [2.45, 2.75) is 26.9 Å². The first-order valence-electron chi connectivity index (χ1n) is 8.53. The van der Waals surface area contributed by atoms with Crippen LogP contribution in [0.1, 0.15) is 21.1 Å². The van der Waals surface area contributed by atoms with Crippen molar-refractivity contribution in [2.75, 3.05) is 7.05 Å². The molecule has 0 atom stereocenters. The molecule has 142 valence electrons. The maximum absolute atomic E-state index is 4.55. The van der Waals surface area contributed by atoms with E-state index < -0.39 is 0 Å². The summed E-state index contributed by atoms with van der Waals surface area (Å²) in [5.74, 6) is 0.763. The van der Waals surface area contributed by atoms with Crippen LogP contribution < -0.4 is 10.6 Å². The Morgan fingerprint density at radius 2 is 1.89 bits per heavy atom. The van der Waals surface area contributed by atoms with Crippen molar-refractivity contribution >= 4 is 41.3 Å². The number of aryl methyl sites for hydroxylation is 2. The molecule has 2 aromatic heterocycles. The molecule has 0 saturated heterocycles. The molecule has 0 radical (unpaired) electrons. The van der Waals surface area contributed by atoms with Crippen molar-refractivity contribution in [1.29, 1.82) is 0 Å². The van der Waals surface area contributed by atoms with E-state index in [9.17, 15) is 0 Å². The number of thiazole rings is 1. The van der Waals surface area contributed by atoms with Gasteiger partial charge in [0.2, 0.25) is 0 Å². The lowest BCUT2D eigenvalue weighted by molar-refractivity contribution is 0.803. The number of halogens is 1. The summed E-state index contributed by atoms with van der Waals surface area (Å²) in [6, 6.07) is 14.3. The van der Waals surface area contributed by atoms with Crippen LogP contribution in [-0.2, 0) is 13.1 Å². The zero-order valence-electron chi connectivity index (χ0n) is 15.7. The molecule has 7 heteroatoms. The Labute approximate surface area is 181 Å². The molecule has 1 aromatic carbocycles. The molecule has 0 unspecified atom stereocenters. The fourth-order valence-corrected chi connectivity index (χ4v) is 3.43. The molecular weight excluding hydrogens is 469 g/mol. The minimum atomic E-state index is 0. The van der Waals surface area contributed by atoms with Crippen molar-refractivity contribution in [3.8, 4) is 11.3 Å². The fourth-order valence-electron chi connectivity index (χ4n) is 2.55. The molecule has 2 heterocycles. The largest absolute Gasteiger partial charge is 0.352 e.